The van der Waals surface area contributed by atoms with E-state index in [0.717, 1.165) is 0 Å². The topological polar surface area (TPSA) is 23.8 Å². The van der Waals surface area contributed by atoms with Crippen molar-refractivity contribution in [1.82, 2.24) is 0 Å². The number of nitrogens with one attached hydrogen (secondary N) is 1. The van der Waals surface area contributed by atoms with Crippen molar-refractivity contribution in [3.8, 4) is 18.4 Å². The zero-order chi connectivity index (χ0) is 4.83. The van der Waals surface area contributed by atoms with Gasteiger partial charge in [-0.1, -0.05) is 0 Å². The molecule has 6 heavy (non-hydrogen) atoms. The highest BCUT2D eigenvalue weighted by Gasteiger charge is 1.75. The van der Waals surface area contributed by atoms with E-state index in [9.17, 15) is 0 Å². The first-order valence-corrected chi connectivity index (χ1v) is 1.75. The third-order valence-electron chi connectivity index (χ3n) is 0.394. The van der Waals surface area contributed by atoms with E-state index >= 15 is 0 Å². The van der Waals surface area contributed by atoms with Crippen molar-refractivity contribution in [3.63, 3.8) is 0 Å². The fraction of sp³-hybridized carbons (Fsp3) is 0.400. The van der Waals surface area contributed by atoms with Gasteiger partial charge < -0.3 is 0 Å². The van der Waals surface area contributed by atoms with Gasteiger partial charge in [0.25, 0.3) is 6.07 Å². The molecule has 0 aliphatic rings. The third-order valence-corrected chi connectivity index (χ3v) is 0.394. The SMILES string of the molecule is C#CCCC#[NH+]. The smallest absolute Gasteiger partial charge is 0.120 e. The molecular weight excluding hydrogens is 74.1 g/mol. The van der Waals surface area contributed by atoms with Crippen LogP contribution >= 0.6 is 0 Å². The van der Waals surface area contributed by atoms with Crippen molar-refractivity contribution in [2.75, 3.05) is 0 Å². The lowest BCUT2D eigenvalue weighted by atomic mass is 10.4. The van der Waals surface area contributed by atoms with Gasteiger partial charge in [-0.2, -0.15) is 0 Å². The van der Waals surface area contributed by atoms with Gasteiger partial charge in [-0.05, 0) is 0 Å². The lowest BCUT2D eigenvalue weighted by Gasteiger charge is -1.63. The second-order valence-electron chi connectivity index (χ2n) is 0.881. The number of hydrogen-bond donors (Lipinski definition) is 1. The Morgan fingerprint density at radius 2 is 2.17 bits per heavy atom. The molecule has 0 aliphatic carbocycles. The normalized spacial score (nSPS) is 5.67. The molecule has 0 aromatic rings. The van der Waals surface area contributed by atoms with E-state index in [4.69, 9.17) is 11.7 Å². The molecular formula is C5H6N+. The molecule has 1 nitrogen and oxygen atoms in total. The Morgan fingerprint density at radius 3 is 2.33 bits per heavy atom. The molecule has 0 aromatic heterocycles. The number of hydrogen-bond acceptors (Lipinski definition) is 0. The number of rotatable bonds is 1. The van der Waals surface area contributed by atoms with Crippen molar-refractivity contribution >= 4 is 0 Å². The summed E-state index contributed by atoms with van der Waals surface area (Å²) in [7, 11) is 0. The first-order valence-electron chi connectivity index (χ1n) is 1.75. The van der Waals surface area contributed by atoms with Gasteiger partial charge in [0.05, 0.1) is 6.42 Å². The molecule has 0 spiro atoms. The van der Waals surface area contributed by atoms with Crippen LogP contribution in [-0.4, -0.2) is 0 Å². The lowest BCUT2D eigenvalue weighted by Crippen LogP contribution is -2.16. The summed E-state index contributed by atoms with van der Waals surface area (Å²) in [4.78, 5) is 0. The van der Waals surface area contributed by atoms with Crippen molar-refractivity contribution in [2.45, 2.75) is 12.8 Å². The van der Waals surface area contributed by atoms with E-state index in [2.05, 4.69) is 12.0 Å². The maximum Gasteiger partial charge on any atom is 0.271 e. The number of terminal acetylenes is 1. The Labute approximate surface area is 37.6 Å². The second kappa shape index (κ2) is 4.05. The van der Waals surface area contributed by atoms with E-state index in [0.29, 0.717) is 12.8 Å². The lowest BCUT2D eigenvalue weighted by molar-refractivity contribution is -0.0945. The van der Waals surface area contributed by atoms with E-state index in [1.165, 1.54) is 0 Å². The van der Waals surface area contributed by atoms with Gasteiger partial charge in [-0.15, -0.1) is 17.6 Å². The van der Waals surface area contributed by atoms with E-state index in [1.54, 1.807) is 0 Å². The second-order valence-corrected chi connectivity index (χ2v) is 0.881. The summed E-state index contributed by atoms with van der Waals surface area (Å²) in [5, 5.41) is 6.36. The van der Waals surface area contributed by atoms with E-state index < -0.39 is 0 Å². The Bertz CT molecular complexity index is 77.5. The summed E-state index contributed by atoms with van der Waals surface area (Å²) < 4.78 is 0. The van der Waals surface area contributed by atoms with Crippen molar-refractivity contribution in [1.29, 1.82) is 0 Å². The molecule has 0 radical (unpaired) electrons. The third kappa shape index (κ3) is 3.05. The van der Waals surface area contributed by atoms with Crippen molar-refractivity contribution in [2.24, 2.45) is 0 Å². The first kappa shape index (κ1) is 5.05. The van der Waals surface area contributed by atoms with Crippen molar-refractivity contribution in [3.05, 3.63) is 0 Å². The average Bonchev–Trinajstić information content (AvgIpc) is 1.61. The summed E-state index contributed by atoms with van der Waals surface area (Å²) in [6, 6.07) is 2.18. The van der Waals surface area contributed by atoms with Gasteiger partial charge in [0.1, 0.15) is 0 Å². The predicted octanol–water partition coefficient (Wildman–Crippen LogP) is -0.828. The van der Waals surface area contributed by atoms with E-state index in [1.807, 2.05) is 0 Å². The Kier molecular flexibility index (Phi) is 3.41. The van der Waals surface area contributed by atoms with Crippen LogP contribution in [0.25, 0.3) is 0 Å². The van der Waals surface area contributed by atoms with Crippen LogP contribution in [-0.2, 0) is 0 Å². The van der Waals surface area contributed by atoms with Gasteiger partial charge in [0.15, 0.2) is 0 Å². The molecule has 0 saturated heterocycles. The quantitative estimate of drug-likeness (QED) is 0.314. The van der Waals surface area contributed by atoms with Crippen LogP contribution in [0.4, 0.5) is 0 Å². The standard InChI is InChI=1S/C5H5N/c1-2-3-4-5-6/h1H,3-4H2/p+1. The van der Waals surface area contributed by atoms with Crippen LogP contribution < -0.4 is 5.26 Å². The summed E-state index contributed by atoms with van der Waals surface area (Å²) in [6.07, 6.45) is 6.08. The summed E-state index contributed by atoms with van der Waals surface area (Å²) in [5.41, 5.74) is 0. The molecule has 0 rings (SSSR count). The largest absolute Gasteiger partial charge is 0.271 e. The van der Waals surface area contributed by atoms with Gasteiger partial charge in [0, 0.05) is 6.42 Å². The summed E-state index contributed by atoms with van der Waals surface area (Å²) >= 11 is 0. The summed E-state index contributed by atoms with van der Waals surface area (Å²) in [6.45, 7) is 0. The highest BCUT2D eigenvalue weighted by Crippen LogP contribution is 1.76. The van der Waals surface area contributed by atoms with Gasteiger partial charge in [-0.3, -0.25) is 0 Å². The van der Waals surface area contributed by atoms with Gasteiger partial charge >= 0.3 is 0 Å². The molecule has 1 heteroatoms. The molecule has 0 aliphatic heterocycles. The monoisotopic (exact) mass is 80.0 g/mol. The molecule has 1 N–H and O–H groups in total. The summed E-state index contributed by atoms with van der Waals surface area (Å²) in [5.74, 6) is 2.39. The highest BCUT2D eigenvalue weighted by molar-refractivity contribution is 4.87. The van der Waals surface area contributed by atoms with Crippen LogP contribution in [0.5, 0.6) is 0 Å². The molecule has 0 fully saturated rings. The molecule has 0 aromatic carbocycles. The van der Waals surface area contributed by atoms with Crippen LogP contribution in [0.1, 0.15) is 12.8 Å². The molecule has 30 valence electrons. The Balaban J connectivity index is 2.78. The van der Waals surface area contributed by atoms with Crippen molar-refractivity contribution < 1.29 is 5.26 Å². The highest BCUT2D eigenvalue weighted by atomic mass is 14.2. The molecule has 0 atom stereocenters. The maximum absolute atomic E-state index is 6.36. The predicted molar refractivity (Wildman–Crippen MR) is 22.9 cm³/mol. The molecule has 0 saturated carbocycles. The van der Waals surface area contributed by atoms with Crippen LogP contribution in [0.15, 0.2) is 0 Å². The minimum Gasteiger partial charge on any atom is -0.120 e. The Morgan fingerprint density at radius 1 is 1.50 bits per heavy atom. The van der Waals surface area contributed by atoms with Crippen LogP contribution in [0.3, 0.4) is 0 Å². The number of unbranched alkanes of at least 4 members (excludes halogenated alkanes) is 1. The molecule has 0 heterocycles. The van der Waals surface area contributed by atoms with Gasteiger partial charge in [0.2, 0.25) is 0 Å². The fourth-order valence-electron chi connectivity index (χ4n) is 0.135. The maximum atomic E-state index is 6.36. The minimum atomic E-state index is 0.594. The van der Waals surface area contributed by atoms with Gasteiger partial charge in [-0.25, -0.2) is 0 Å². The molecule has 0 amide bonds. The minimum absolute atomic E-state index is 0.594. The fourth-order valence-corrected chi connectivity index (χ4v) is 0.135. The Hall–Kier alpha value is -0.950. The molecule has 0 unspecified atom stereocenters. The zero-order valence-corrected chi connectivity index (χ0v) is 3.49. The molecule has 0 bridgehead atoms. The van der Waals surface area contributed by atoms with E-state index in [-0.39, 0.29) is 0 Å². The average molecular weight is 80.1 g/mol. The van der Waals surface area contributed by atoms with Crippen LogP contribution in [0, 0.1) is 18.4 Å². The first-order chi connectivity index (χ1) is 2.91. The van der Waals surface area contributed by atoms with Crippen LogP contribution in [0.2, 0.25) is 0 Å². The zero-order valence-electron chi connectivity index (χ0n) is 3.49.